The lowest BCUT2D eigenvalue weighted by Crippen LogP contribution is -2.20. The molecular formula is C14H15IN2O2. The number of aromatic nitrogens is 1. The van der Waals surface area contributed by atoms with Crippen molar-refractivity contribution in [3.63, 3.8) is 0 Å². The number of hydrogen-bond donors (Lipinski definition) is 1. The molecule has 0 aliphatic heterocycles. The van der Waals surface area contributed by atoms with Crippen molar-refractivity contribution in [2.24, 2.45) is 0 Å². The Bertz CT molecular complexity index is 610. The molecule has 0 saturated heterocycles. The molecule has 0 fully saturated rings. The second-order valence-corrected chi connectivity index (χ2v) is 5.29. The molecule has 0 amide bonds. The Morgan fingerprint density at radius 1 is 1.21 bits per heavy atom. The molecule has 0 unspecified atom stereocenters. The van der Waals surface area contributed by atoms with Gasteiger partial charge in [0.25, 0.3) is 5.56 Å². The zero-order valence-corrected chi connectivity index (χ0v) is 12.5. The smallest absolute Gasteiger partial charge is 0.250 e. The summed E-state index contributed by atoms with van der Waals surface area (Å²) < 4.78 is 8.36. The fraction of sp³-hybridized carbons (Fsp3) is 0.214. The third kappa shape index (κ3) is 3.99. The number of nitrogens with zero attached hydrogens (tertiary/aromatic N) is 1. The number of benzene rings is 1. The van der Waals surface area contributed by atoms with Crippen molar-refractivity contribution in [2.75, 3.05) is 12.3 Å². The van der Waals surface area contributed by atoms with Gasteiger partial charge in [-0.25, -0.2) is 0 Å². The van der Waals surface area contributed by atoms with E-state index < -0.39 is 0 Å². The van der Waals surface area contributed by atoms with Crippen molar-refractivity contribution < 1.29 is 4.74 Å². The summed E-state index contributed by atoms with van der Waals surface area (Å²) in [6.45, 7) is 1.18. The van der Waals surface area contributed by atoms with Gasteiger partial charge in [-0.1, -0.05) is 12.1 Å². The fourth-order valence-corrected chi connectivity index (χ4v) is 2.25. The Hall–Kier alpha value is -1.50. The van der Waals surface area contributed by atoms with Crippen LogP contribution in [0.2, 0.25) is 0 Å². The maximum absolute atomic E-state index is 11.6. The van der Waals surface area contributed by atoms with Gasteiger partial charge in [0.05, 0.1) is 10.2 Å². The van der Waals surface area contributed by atoms with Crippen molar-refractivity contribution in [1.82, 2.24) is 4.57 Å². The number of anilines is 1. The maximum atomic E-state index is 11.6. The van der Waals surface area contributed by atoms with Gasteiger partial charge in [-0.2, -0.15) is 0 Å². The Morgan fingerprint density at radius 3 is 2.79 bits per heavy atom. The lowest BCUT2D eigenvalue weighted by atomic mass is 10.3. The monoisotopic (exact) mass is 370 g/mol. The first-order valence-electron chi connectivity index (χ1n) is 6.00. The molecule has 100 valence electrons. The molecule has 0 spiro atoms. The number of nitrogen functional groups attached to an aromatic ring is 1. The highest BCUT2D eigenvalue weighted by atomic mass is 127. The van der Waals surface area contributed by atoms with Crippen molar-refractivity contribution in [3.8, 4) is 5.75 Å². The second-order valence-electron chi connectivity index (χ2n) is 4.13. The number of nitrogens with two attached hydrogens (primary N) is 1. The number of aryl methyl sites for hydroxylation is 1. The molecule has 1 heterocycles. The summed E-state index contributed by atoms with van der Waals surface area (Å²) in [5.41, 5.74) is 6.21. The van der Waals surface area contributed by atoms with Crippen LogP contribution in [0, 0.1) is 3.57 Å². The Balaban J connectivity index is 1.86. The zero-order chi connectivity index (χ0) is 13.7. The summed E-state index contributed by atoms with van der Waals surface area (Å²) in [6.07, 6.45) is 2.42. The van der Waals surface area contributed by atoms with Crippen LogP contribution in [0.5, 0.6) is 5.75 Å². The topological polar surface area (TPSA) is 57.2 Å². The average Bonchev–Trinajstić information content (AvgIpc) is 2.40. The molecule has 2 aromatic rings. The summed E-state index contributed by atoms with van der Waals surface area (Å²) in [7, 11) is 0. The molecule has 2 rings (SSSR count). The number of ether oxygens (including phenoxy) is 1. The van der Waals surface area contributed by atoms with Gasteiger partial charge in [-0.05, 0) is 47.2 Å². The zero-order valence-electron chi connectivity index (χ0n) is 10.4. The summed E-state index contributed by atoms with van der Waals surface area (Å²) in [6, 6.07) is 10.9. The molecule has 0 bridgehead atoms. The lowest BCUT2D eigenvalue weighted by Gasteiger charge is -2.09. The van der Waals surface area contributed by atoms with Gasteiger partial charge < -0.3 is 15.0 Å². The molecule has 1 aromatic heterocycles. The highest BCUT2D eigenvalue weighted by Crippen LogP contribution is 2.19. The van der Waals surface area contributed by atoms with E-state index in [9.17, 15) is 4.79 Å². The standard InChI is InChI=1S/C14H15IN2O2/c15-12-4-1-2-5-13(12)19-9-3-8-17-10-11(16)6-7-14(17)18/h1-2,4-7,10H,3,8-9,16H2. The SMILES string of the molecule is Nc1ccc(=O)n(CCCOc2ccccc2I)c1. The first kappa shape index (κ1) is 13.9. The van der Waals surface area contributed by atoms with Crippen molar-refractivity contribution in [2.45, 2.75) is 13.0 Å². The van der Waals surface area contributed by atoms with Crippen molar-refractivity contribution in [3.05, 3.63) is 56.5 Å². The van der Waals surface area contributed by atoms with E-state index in [4.69, 9.17) is 10.5 Å². The van der Waals surface area contributed by atoms with E-state index >= 15 is 0 Å². The third-order valence-electron chi connectivity index (χ3n) is 2.64. The van der Waals surface area contributed by atoms with Gasteiger partial charge >= 0.3 is 0 Å². The van der Waals surface area contributed by atoms with E-state index in [0.29, 0.717) is 18.8 Å². The van der Waals surface area contributed by atoms with E-state index in [2.05, 4.69) is 22.6 Å². The molecule has 0 radical (unpaired) electrons. The predicted octanol–water partition coefficient (Wildman–Crippen LogP) is 2.50. The summed E-state index contributed by atoms with van der Waals surface area (Å²) in [4.78, 5) is 11.6. The van der Waals surface area contributed by atoms with Crippen LogP contribution in [0.3, 0.4) is 0 Å². The van der Waals surface area contributed by atoms with E-state index in [0.717, 1.165) is 15.7 Å². The van der Waals surface area contributed by atoms with Gasteiger partial charge in [0, 0.05) is 24.5 Å². The lowest BCUT2D eigenvalue weighted by molar-refractivity contribution is 0.299. The van der Waals surface area contributed by atoms with E-state index in [1.54, 1.807) is 16.8 Å². The van der Waals surface area contributed by atoms with Gasteiger partial charge in [-0.15, -0.1) is 0 Å². The maximum Gasteiger partial charge on any atom is 0.250 e. The van der Waals surface area contributed by atoms with Crippen LogP contribution in [0.1, 0.15) is 6.42 Å². The molecule has 2 N–H and O–H groups in total. The van der Waals surface area contributed by atoms with E-state index in [1.165, 1.54) is 6.07 Å². The largest absolute Gasteiger partial charge is 0.492 e. The normalized spacial score (nSPS) is 10.4. The van der Waals surface area contributed by atoms with Gasteiger partial charge in [-0.3, -0.25) is 4.79 Å². The molecular weight excluding hydrogens is 355 g/mol. The first-order chi connectivity index (χ1) is 9.16. The third-order valence-corrected chi connectivity index (χ3v) is 3.54. The van der Waals surface area contributed by atoms with Crippen LogP contribution in [0.15, 0.2) is 47.4 Å². The van der Waals surface area contributed by atoms with Crippen LogP contribution < -0.4 is 16.0 Å². The molecule has 5 heteroatoms. The summed E-state index contributed by atoms with van der Waals surface area (Å²) >= 11 is 2.24. The van der Waals surface area contributed by atoms with E-state index in [1.807, 2.05) is 24.3 Å². The summed E-state index contributed by atoms with van der Waals surface area (Å²) in [5, 5.41) is 0. The molecule has 4 nitrogen and oxygen atoms in total. The van der Waals surface area contributed by atoms with Crippen LogP contribution in [-0.4, -0.2) is 11.2 Å². The fourth-order valence-electron chi connectivity index (χ4n) is 1.70. The van der Waals surface area contributed by atoms with Crippen molar-refractivity contribution in [1.29, 1.82) is 0 Å². The Kier molecular flexibility index (Phi) is 4.84. The minimum absolute atomic E-state index is 0.0384. The van der Waals surface area contributed by atoms with Crippen molar-refractivity contribution >= 4 is 28.3 Å². The average molecular weight is 370 g/mol. The minimum atomic E-state index is -0.0384. The molecule has 0 aliphatic carbocycles. The van der Waals surface area contributed by atoms with Crippen LogP contribution >= 0.6 is 22.6 Å². The minimum Gasteiger partial charge on any atom is -0.492 e. The predicted molar refractivity (Wildman–Crippen MR) is 84.4 cm³/mol. The van der Waals surface area contributed by atoms with Gasteiger partial charge in [0.2, 0.25) is 0 Å². The quantitative estimate of drug-likeness (QED) is 0.650. The number of rotatable bonds is 5. The molecule has 0 atom stereocenters. The first-order valence-corrected chi connectivity index (χ1v) is 7.08. The van der Waals surface area contributed by atoms with Crippen LogP contribution in [0.4, 0.5) is 5.69 Å². The van der Waals surface area contributed by atoms with Crippen LogP contribution in [0.25, 0.3) is 0 Å². The van der Waals surface area contributed by atoms with E-state index in [-0.39, 0.29) is 5.56 Å². The highest BCUT2D eigenvalue weighted by molar-refractivity contribution is 14.1. The molecule has 1 aromatic carbocycles. The van der Waals surface area contributed by atoms with Gasteiger partial charge in [0.15, 0.2) is 0 Å². The number of halogens is 1. The number of para-hydroxylation sites is 1. The molecule has 0 saturated carbocycles. The number of pyridine rings is 1. The summed E-state index contributed by atoms with van der Waals surface area (Å²) in [5.74, 6) is 0.878. The highest BCUT2D eigenvalue weighted by Gasteiger charge is 2.00. The Morgan fingerprint density at radius 2 is 2.00 bits per heavy atom. The second kappa shape index (κ2) is 6.60. The molecule has 0 aliphatic rings. The molecule has 19 heavy (non-hydrogen) atoms. The Labute approximate surface area is 125 Å². The van der Waals surface area contributed by atoms with Gasteiger partial charge in [0.1, 0.15) is 5.75 Å². The number of hydrogen-bond acceptors (Lipinski definition) is 3. The van der Waals surface area contributed by atoms with Crippen LogP contribution in [-0.2, 0) is 6.54 Å².